The normalized spacial score (nSPS) is 9.64. The summed E-state index contributed by atoms with van der Waals surface area (Å²) in [5.74, 6) is 0.819. The lowest BCUT2D eigenvalue weighted by molar-refractivity contribution is 1.13. The second kappa shape index (κ2) is 3.48. The van der Waals surface area contributed by atoms with Gasteiger partial charge in [-0.1, -0.05) is 12.2 Å². The van der Waals surface area contributed by atoms with E-state index < -0.39 is 0 Å². The van der Waals surface area contributed by atoms with Gasteiger partial charge in [-0.3, -0.25) is 0 Å². The summed E-state index contributed by atoms with van der Waals surface area (Å²) in [6, 6.07) is 0. The molecule has 1 rings (SSSR count). The average Bonchev–Trinajstić information content (AvgIpc) is 2.31. The summed E-state index contributed by atoms with van der Waals surface area (Å²) >= 11 is 1.38. The van der Waals surface area contributed by atoms with Crippen molar-refractivity contribution in [1.82, 2.24) is 9.36 Å². The Hall–Kier alpha value is -0.900. The van der Waals surface area contributed by atoms with Gasteiger partial charge in [0.2, 0.25) is 5.13 Å². The fourth-order valence-corrected chi connectivity index (χ4v) is 1.16. The van der Waals surface area contributed by atoms with Crippen LogP contribution in [-0.2, 0) is 0 Å². The van der Waals surface area contributed by atoms with Crippen molar-refractivity contribution in [2.75, 3.05) is 11.9 Å². The van der Waals surface area contributed by atoms with Crippen LogP contribution in [-0.4, -0.2) is 15.9 Å². The first-order chi connectivity index (χ1) is 5.18. The molecule has 60 valence electrons. The predicted octanol–water partition coefficient (Wildman–Crippen LogP) is 1.83. The van der Waals surface area contributed by atoms with E-state index in [1.54, 1.807) is 0 Å². The number of anilines is 1. The minimum Gasteiger partial charge on any atom is -0.357 e. The molecule has 0 saturated carbocycles. The first-order valence-electron chi connectivity index (χ1n) is 3.37. The lowest BCUT2D eigenvalue weighted by Gasteiger charge is -1.98. The number of nitrogens with one attached hydrogen (secondary N) is 1. The highest BCUT2D eigenvalue weighted by Gasteiger charge is 1.96. The number of aryl methyl sites for hydroxylation is 1. The molecule has 0 aliphatic carbocycles. The second-order valence-electron chi connectivity index (χ2n) is 2.46. The van der Waals surface area contributed by atoms with Gasteiger partial charge in [0.05, 0.1) is 0 Å². The number of rotatable bonds is 3. The first-order valence-corrected chi connectivity index (χ1v) is 4.14. The molecule has 11 heavy (non-hydrogen) atoms. The Kier molecular flexibility index (Phi) is 2.59. The molecule has 1 aromatic rings. The van der Waals surface area contributed by atoms with Crippen LogP contribution in [0.1, 0.15) is 12.7 Å². The Morgan fingerprint density at radius 2 is 2.45 bits per heavy atom. The maximum absolute atomic E-state index is 4.14. The zero-order valence-corrected chi connectivity index (χ0v) is 7.53. The summed E-state index contributed by atoms with van der Waals surface area (Å²) in [7, 11) is 0. The fraction of sp³-hybridized carbons (Fsp3) is 0.429. The van der Waals surface area contributed by atoms with Crippen LogP contribution >= 0.6 is 11.5 Å². The molecular weight excluding hydrogens is 158 g/mol. The maximum Gasteiger partial charge on any atom is 0.202 e. The molecule has 3 nitrogen and oxygen atoms in total. The molecule has 0 amide bonds. The molecule has 0 aliphatic heterocycles. The molecule has 1 N–H and O–H groups in total. The number of hydrogen-bond donors (Lipinski definition) is 1. The molecule has 0 unspecified atom stereocenters. The zero-order chi connectivity index (χ0) is 8.27. The number of aromatic nitrogens is 2. The minimum absolute atomic E-state index is 0.772. The van der Waals surface area contributed by atoms with E-state index >= 15 is 0 Å². The summed E-state index contributed by atoms with van der Waals surface area (Å²) in [6.45, 7) is 8.39. The van der Waals surface area contributed by atoms with Gasteiger partial charge in [0, 0.05) is 18.1 Å². The van der Waals surface area contributed by atoms with E-state index in [1.807, 2.05) is 13.8 Å². The summed E-state index contributed by atoms with van der Waals surface area (Å²) < 4.78 is 4.03. The third-order valence-corrected chi connectivity index (χ3v) is 1.83. The Bertz CT molecular complexity index is 254. The molecule has 0 spiro atoms. The Balaban J connectivity index is 2.45. The molecule has 0 fully saturated rings. The molecule has 0 saturated heterocycles. The van der Waals surface area contributed by atoms with Crippen LogP contribution in [0, 0.1) is 6.92 Å². The topological polar surface area (TPSA) is 37.8 Å². The highest BCUT2D eigenvalue weighted by molar-refractivity contribution is 7.09. The van der Waals surface area contributed by atoms with E-state index in [0.717, 1.165) is 23.1 Å². The zero-order valence-electron chi connectivity index (χ0n) is 6.72. The van der Waals surface area contributed by atoms with Gasteiger partial charge in [0.15, 0.2) is 0 Å². The van der Waals surface area contributed by atoms with Crippen molar-refractivity contribution in [3.8, 4) is 0 Å². The van der Waals surface area contributed by atoms with Crippen LogP contribution in [0.4, 0.5) is 5.13 Å². The second-order valence-corrected chi connectivity index (χ2v) is 3.21. The Labute approximate surface area is 70.3 Å². The van der Waals surface area contributed by atoms with Crippen LogP contribution in [0.3, 0.4) is 0 Å². The summed E-state index contributed by atoms with van der Waals surface area (Å²) in [4.78, 5) is 4.14. The van der Waals surface area contributed by atoms with Gasteiger partial charge in [-0.25, -0.2) is 4.98 Å². The van der Waals surface area contributed by atoms with E-state index in [9.17, 15) is 0 Å². The van der Waals surface area contributed by atoms with E-state index in [1.165, 1.54) is 11.5 Å². The van der Waals surface area contributed by atoms with Gasteiger partial charge in [0.1, 0.15) is 5.82 Å². The molecule has 0 aliphatic rings. The molecule has 4 heteroatoms. The Morgan fingerprint density at radius 1 is 1.73 bits per heavy atom. The number of nitrogens with zero attached hydrogens (tertiary/aromatic N) is 2. The number of hydrogen-bond acceptors (Lipinski definition) is 4. The highest BCUT2D eigenvalue weighted by Crippen LogP contribution is 2.09. The van der Waals surface area contributed by atoms with Crippen LogP contribution < -0.4 is 5.32 Å². The first kappa shape index (κ1) is 8.20. The molecule has 1 heterocycles. The van der Waals surface area contributed by atoms with Gasteiger partial charge in [-0.05, 0) is 13.8 Å². The van der Waals surface area contributed by atoms with E-state index in [2.05, 4.69) is 21.3 Å². The van der Waals surface area contributed by atoms with Gasteiger partial charge in [0.25, 0.3) is 0 Å². The largest absolute Gasteiger partial charge is 0.357 e. The third kappa shape index (κ3) is 2.67. The van der Waals surface area contributed by atoms with Crippen molar-refractivity contribution in [3.05, 3.63) is 18.0 Å². The van der Waals surface area contributed by atoms with Crippen molar-refractivity contribution in [2.24, 2.45) is 0 Å². The third-order valence-electron chi connectivity index (χ3n) is 1.07. The smallest absolute Gasteiger partial charge is 0.202 e. The van der Waals surface area contributed by atoms with Crippen molar-refractivity contribution >= 4 is 16.7 Å². The maximum atomic E-state index is 4.14. The quantitative estimate of drug-likeness (QED) is 0.701. The molecular formula is C7H11N3S. The van der Waals surface area contributed by atoms with Crippen molar-refractivity contribution in [1.29, 1.82) is 0 Å². The Morgan fingerprint density at radius 3 is 2.91 bits per heavy atom. The predicted molar refractivity (Wildman–Crippen MR) is 47.9 cm³/mol. The van der Waals surface area contributed by atoms with Gasteiger partial charge in [-0.15, -0.1) is 0 Å². The lowest BCUT2D eigenvalue weighted by Crippen LogP contribution is -2.00. The van der Waals surface area contributed by atoms with Gasteiger partial charge in [-0.2, -0.15) is 4.37 Å². The van der Waals surface area contributed by atoms with Crippen LogP contribution in [0.15, 0.2) is 12.2 Å². The van der Waals surface area contributed by atoms with E-state index in [4.69, 9.17) is 0 Å². The van der Waals surface area contributed by atoms with Crippen LogP contribution in [0.2, 0.25) is 0 Å². The van der Waals surface area contributed by atoms with Crippen LogP contribution in [0.25, 0.3) is 0 Å². The summed E-state index contributed by atoms with van der Waals surface area (Å²) in [6.07, 6.45) is 0. The molecule has 0 aromatic carbocycles. The highest BCUT2D eigenvalue weighted by atomic mass is 32.1. The van der Waals surface area contributed by atoms with Gasteiger partial charge >= 0.3 is 0 Å². The minimum atomic E-state index is 0.772. The van der Waals surface area contributed by atoms with Crippen molar-refractivity contribution in [3.63, 3.8) is 0 Å². The summed E-state index contributed by atoms with van der Waals surface area (Å²) in [5, 5.41) is 3.98. The molecule has 0 bridgehead atoms. The monoisotopic (exact) mass is 169 g/mol. The van der Waals surface area contributed by atoms with Gasteiger partial charge < -0.3 is 5.32 Å². The molecule has 0 atom stereocenters. The lowest BCUT2D eigenvalue weighted by atomic mass is 10.4. The van der Waals surface area contributed by atoms with Crippen molar-refractivity contribution < 1.29 is 0 Å². The fourth-order valence-electron chi connectivity index (χ4n) is 0.595. The van der Waals surface area contributed by atoms with E-state index in [0.29, 0.717) is 0 Å². The SMILES string of the molecule is C=C(C)CNc1nc(C)ns1. The van der Waals surface area contributed by atoms with Crippen LogP contribution in [0.5, 0.6) is 0 Å². The molecule has 1 aromatic heterocycles. The summed E-state index contributed by atoms with van der Waals surface area (Å²) in [5.41, 5.74) is 1.10. The standard InChI is InChI=1S/C7H11N3S/c1-5(2)4-8-7-9-6(3)10-11-7/h1,4H2,2-3H3,(H,8,9,10). The van der Waals surface area contributed by atoms with Crippen molar-refractivity contribution in [2.45, 2.75) is 13.8 Å². The average molecular weight is 169 g/mol. The molecule has 0 radical (unpaired) electrons. The van der Waals surface area contributed by atoms with E-state index in [-0.39, 0.29) is 0 Å².